The summed E-state index contributed by atoms with van der Waals surface area (Å²) in [5, 5.41) is 8.55. The smallest absolute Gasteiger partial charge is 0.329 e. The molecule has 0 saturated carbocycles. The molecule has 5 nitrogen and oxygen atoms in total. The molecule has 1 heterocycles. The molecular weight excluding hydrogens is 234 g/mol. The van der Waals surface area contributed by atoms with E-state index in [4.69, 9.17) is 14.6 Å². The van der Waals surface area contributed by atoms with Crippen molar-refractivity contribution in [3.63, 3.8) is 0 Å². The van der Waals surface area contributed by atoms with Crippen molar-refractivity contribution in [1.82, 2.24) is 4.90 Å². The van der Waals surface area contributed by atoms with Gasteiger partial charge in [0, 0.05) is 26.7 Å². The number of rotatable bonds is 7. The number of ether oxygens (including phenoxy) is 2. The summed E-state index contributed by atoms with van der Waals surface area (Å²) in [5.74, 6) is -0.890. The number of carboxylic acid groups (broad SMARTS) is 1. The monoisotopic (exact) mass is 259 g/mol. The molecule has 0 aromatic rings. The highest BCUT2D eigenvalue weighted by Gasteiger charge is 2.23. The predicted octanol–water partition coefficient (Wildman–Crippen LogP) is 1.37. The van der Waals surface area contributed by atoms with Gasteiger partial charge in [-0.15, -0.1) is 0 Å². The number of likely N-dealkylation sites (tertiary alicyclic amines) is 1. The molecule has 1 saturated heterocycles. The second kappa shape index (κ2) is 7.07. The van der Waals surface area contributed by atoms with Crippen molar-refractivity contribution in [3.05, 3.63) is 0 Å². The molecule has 1 aliphatic heterocycles. The number of aliphatic carboxylic acids is 1. The molecule has 18 heavy (non-hydrogen) atoms. The number of hydrogen-bond donors (Lipinski definition) is 1. The van der Waals surface area contributed by atoms with E-state index in [2.05, 4.69) is 18.7 Å². The van der Waals surface area contributed by atoms with Crippen LogP contribution >= 0.6 is 0 Å². The third-order valence-electron chi connectivity index (χ3n) is 3.56. The molecule has 0 spiro atoms. The Morgan fingerprint density at radius 3 is 2.50 bits per heavy atom. The second-order valence-electron chi connectivity index (χ2n) is 5.46. The Balaban J connectivity index is 2.17. The molecule has 1 aliphatic rings. The zero-order chi connectivity index (χ0) is 13.6. The van der Waals surface area contributed by atoms with Gasteiger partial charge in [-0.2, -0.15) is 0 Å². The minimum Gasteiger partial charge on any atom is -0.480 e. The van der Waals surface area contributed by atoms with E-state index in [-0.39, 0.29) is 18.3 Å². The molecule has 0 aromatic carbocycles. The van der Waals surface area contributed by atoms with Crippen molar-refractivity contribution in [3.8, 4) is 0 Å². The maximum atomic E-state index is 10.4. The average Bonchev–Trinajstić information content (AvgIpc) is 2.35. The summed E-state index contributed by atoms with van der Waals surface area (Å²) < 4.78 is 10.7. The number of carboxylic acids is 1. The third kappa shape index (κ3) is 5.80. The molecule has 0 radical (unpaired) electrons. The fourth-order valence-electron chi connectivity index (χ4n) is 2.02. The van der Waals surface area contributed by atoms with Crippen molar-refractivity contribution < 1.29 is 19.4 Å². The molecule has 0 unspecified atom stereocenters. The maximum Gasteiger partial charge on any atom is 0.329 e. The summed E-state index contributed by atoms with van der Waals surface area (Å²) in [4.78, 5) is 12.8. The zero-order valence-corrected chi connectivity index (χ0v) is 11.6. The van der Waals surface area contributed by atoms with Crippen molar-refractivity contribution in [2.45, 2.75) is 44.8 Å². The molecule has 1 rings (SSSR count). The molecule has 0 aliphatic carbocycles. The predicted molar refractivity (Wildman–Crippen MR) is 68.8 cm³/mol. The lowest BCUT2D eigenvalue weighted by Crippen LogP contribution is -2.40. The van der Waals surface area contributed by atoms with Gasteiger partial charge in [0.25, 0.3) is 0 Å². The van der Waals surface area contributed by atoms with E-state index >= 15 is 0 Å². The summed E-state index contributed by atoms with van der Waals surface area (Å²) in [5.41, 5.74) is -0.0728. The van der Waals surface area contributed by atoms with Crippen LogP contribution in [0.25, 0.3) is 0 Å². The fourth-order valence-corrected chi connectivity index (χ4v) is 2.02. The molecule has 0 amide bonds. The molecule has 0 atom stereocenters. The van der Waals surface area contributed by atoms with E-state index in [1.165, 1.54) is 0 Å². The maximum absolute atomic E-state index is 10.4. The van der Waals surface area contributed by atoms with E-state index in [0.29, 0.717) is 0 Å². The van der Waals surface area contributed by atoms with E-state index in [1.807, 2.05) is 0 Å². The van der Waals surface area contributed by atoms with Gasteiger partial charge in [0.1, 0.15) is 6.61 Å². The van der Waals surface area contributed by atoms with Crippen molar-refractivity contribution in [1.29, 1.82) is 0 Å². The minimum atomic E-state index is -0.890. The highest BCUT2D eigenvalue weighted by molar-refractivity contribution is 5.68. The van der Waals surface area contributed by atoms with Crippen LogP contribution in [0.15, 0.2) is 0 Å². The van der Waals surface area contributed by atoms with Gasteiger partial charge in [-0.1, -0.05) is 0 Å². The lowest BCUT2D eigenvalue weighted by atomic mass is 10.0. The first-order chi connectivity index (χ1) is 8.43. The highest BCUT2D eigenvalue weighted by atomic mass is 16.5. The molecule has 5 heteroatoms. The summed E-state index contributed by atoms with van der Waals surface area (Å²) in [6, 6.07) is 0. The SMILES string of the molecule is COC(C)(C)CCN1CCC(OCC(=O)O)CC1. The van der Waals surface area contributed by atoms with Gasteiger partial charge in [0.05, 0.1) is 11.7 Å². The van der Waals surface area contributed by atoms with Gasteiger partial charge in [0.2, 0.25) is 0 Å². The summed E-state index contributed by atoms with van der Waals surface area (Å²) in [6.07, 6.45) is 2.94. The van der Waals surface area contributed by atoms with Crippen LogP contribution in [-0.4, -0.2) is 61.0 Å². The average molecular weight is 259 g/mol. The molecular formula is C13H25NO4. The zero-order valence-electron chi connectivity index (χ0n) is 11.6. The van der Waals surface area contributed by atoms with Gasteiger partial charge >= 0.3 is 5.97 Å². The lowest BCUT2D eigenvalue weighted by molar-refractivity contribution is -0.145. The Labute approximate surface area is 109 Å². The van der Waals surface area contributed by atoms with Crippen LogP contribution in [-0.2, 0) is 14.3 Å². The van der Waals surface area contributed by atoms with Crippen LogP contribution in [0.3, 0.4) is 0 Å². The van der Waals surface area contributed by atoms with Crippen LogP contribution < -0.4 is 0 Å². The molecule has 0 bridgehead atoms. The molecule has 0 aromatic heterocycles. The number of nitrogens with zero attached hydrogens (tertiary/aromatic N) is 1. The lowest BCUT2D eigenvalue weighted by Gasteiger charge is -2.33. The summed E-state index contributed by atoms with van der Waals surface area (Å²) >= 11 is 0. The Hall–Kier alpha value is -0.650. The second-order valence-corrected chi connectivity index (χ2v) is 5.46. The van der Waals surface area contributed by atoms with Gasteiger partial charge in [-0.05, 0) is 33.1 Å². The summed E-state index contributed by atoms with van der Waals surface area (Å²) in [6.45, 7) is 6.98. The van der Waals surface area contributed by atoms with E-state index in [9.17, 15) is 4.79 Å². The first-order valence-electron chi connectivity index (χ1n) is 6.54. The molecule has 106 valence electrons. The van der Waals surface area contributed by atoms with Crippen molar-refractivity contribution in [2.24, 2.45) is 0 Å². The largest absolute Gasteiger partial charge is 0.480 e. The van der Waals surface area contributed by atoms with Crippen LogP contribution in [0.1, 0.15) is 33.1 Å². The number of methoxy groups -OCH3 is 1. The van der Waals surface area contributed by atoms with Crippen LogP contribution in [0.4, 0.5) is 0 Å². The number of hydrogen-bond acceptors (Lipinski definition) is 4. The van der Waals surface area contributed by atoms with E-state index in [0.717, 1.165) is 38.9 Å². The van der Waals surface area contributed by atoms with Crippen molar-refractivity contribution >= 4 is 5.97 Å². The first-order valence-corrected chi connectivity index (χ1v) is 6.54. The number of piperidine rings is 1. The van der Waals surface area contributed by atoms with Crippen LogP contribution in [0.2, 0.25) is 0 Å². The Bertz CT molecular complexity index is 260. The fraction of sp³-hybridized carbons (Fsp3) is 0.923. The number of carbonyl (C=O) groups is 1. The molecule has 1 N–H and O–H groups in total. The Morgan fingerprint density at radius 2 is 2.00 bits per heavy atom. The topological polar surface area (TPSA) is 59.0 Å². The van der Waals surface area contributed by atoms with Crippen molar-refractivity contribution in [2.75, 3.05) is 33.4 Å². The van der Waals surface area contributed by atoms with Gasteiger partial charge in [-0.25, -0.2) is 4.79 Å². The summed E-state index contributed by atoms with van der Waals surface area (Å²) in [7, 11) is 1.74. The third-order valence-corrected chi connectivity index (χ3v) is 3.56. The quantitative estimate of drug-likeness (QED) is 0.748. The van der Waals surface area contributed by atoms with Crippen LogP contribution in [0, 0.1) is 0 Å². The highest BCUT2D eigenvalue weighted by Crippen LogP contribution is 2.18. The Morgan fingerprint density at radius 1 is 1.39 bits per heavy atom. The van der Waals surface area contributed by atoms with Gasteiger partial charge < -0.3 is 19.5 Å². The minimum absolute atomic E-state index is 0.0728. The molecule has 1 fully saturated rings. The first kappa shape index (κ1) is 15.4. The van der Waals surface area contributed by atoms with Gasteiger partial charge in [-0.3, -0.25) is 0 Å². The standard InChI is InChI=1S/C13H25NO4/c1-13(2,17-3)6-9-14-7-4-11(5-8-14)18-10-12(15)16/h11H,4-10H2,1-3H3,(H,15,16). The Kier molecular flexibility index (Phi) is 6.05. The van der Waals surface area contributed by atoms with E-state index in [1.54, 1.807) is 7.11 Å². The van der Waals surface area contributed by atoms with E-state index < -0.39 is 5.97 Å². The van der Waals surface area contributed by atoms with Gasteiger partial charge in [0.15, 0.2) is 0 Å². The normalized spacial score (nSPS) is 19.1. The van der Waals surface area contributed by atoms with Crippen LogP contribution in [0.5, 0.6) is 0 Å².